The zero-order valence-corrected chi connectivity index (χ0v) is 15.5. The molecular weight excluding hydrogens is 391 g/mol. The van der Waals surface area contributed by atoms with Crippen molar-refractivity contribution in [2.75, 3.05) is 13.2 Å². The van der Waals surface area contributed by atoms with Crippen LogP contribution in [0.1, 0.15) is 15.9 Å². The number of hydrogen-bond donors (Lipinski definition) is 0. The second kappa shape index (κ2) is 8.29. The summed E-state index contributed by atoms with van der Waals surface area (Å²) in [5, 5.41) is 0.808. The molecule has 3 rings (SSSR count). The van der Waals surface area contributed by atoms with Gasteiger partial charge in [-0.25, -0.2) is 4.79 Å². The average molecular weight is 405 g/mol. The third-order valence-electron chi connectivity index (χ3n) is 3.60. The minimum atomic E-state index is -0.521. The minimum absolute atomic E-state index is 0.118. The molecule has 27 heavy (non-hydrogen) atoms. The third kappa shape index (κ3) is 4.51. The first-order chi connectivity index (χ1) is 13.0. The smallest absolute Gasteiger partial charge is 0.344 e. The molecule has 0 fully saturated rings. The maximum Gasteiger partial charge on any atom is 0.344 e. The Hall–Kier alpha value is -2.76. The number of allylic oxidation sites excluding steroid dienone is 1. The summed E-state index contributed by atoms with van der Waals surface area (Å²) in [6.07, 6.45) is 3.05. The Morgan fingerprint density at radius 1 is 1.15 bits per heavy atom. The Labute approximate surface area is 165 Å². The fraction of sp³-hybridized carbons (Fsp3) is 0.100. The molecule has 0 unspecified atom stereocenters. The number of rotatable bonds is 6. The molecule has 2 aromatic rings. The Balaban J connectivity index is 1.73. The van der Waals surface area contributed by atoms with Crippen LogP contribution in [0.15, 0.2) is 54.8 Å². The van der Waals surface area contributed by atoms with Gasteiger partial charge in [0, 0.05) is 6.07 Å². The summed E-state index contributed by atoms with van der Waals surface area (Å²) in [6, 6.07) is 9.72. The lowest BCUT2D eigenvalue weighted by Crippen LogP contribution is -2.14. The van der Waals surface area contributed by atoms with Gasteiger partial charge in [0.15, 0.2) is 12.4 Å². The van der Waals surface area contributed by atoms with Crippen molar-refractivity contribution in [1.29, 1.82) is 0 Å². The van der Waals surface area contributed by atoms with Crippen LogP contribution >= 0.6 is 23.2 Å². The molecule has 7 heteroatoms. The van der Waals surface area contributed by atoms with E-state index >= 15 is 0 Å². The highest BCUT2D eigenvalue weighted by atomic mass is 35.5. The summed E-state index contributed by atoms with van der Waals surface area (Å²) in [4.78, 5) is 23.9. The summed E-state index contributed by atoms with van der Waals surface area (Å²) < 4.78 is 15.8. The standard InChI is InChI=1S/C20H14Cl2O5/c1-2-7-25-19(23)11-26-13-4-5-14-17(10-13)27-18(20(14)24)9-12-3-6-15(21)16(22)8-12/h2-6,8-10H,1,7,11H2. The van der Waals surface area contributed by atoms with E-state index in [9.17, 15) is 9.59 Å². The molecular formula is C20H14Cl2O5. The Morgan fingerprint density at radius 3 is 2.70 bits per heavy atom. The number of benzene rings is 2. The summed E-state index contributed by atoms with van der Waals surface area (Å²) in [6.45, 7) is 3.32. The second-order valence-corrected chi connectivity index (χ2v) is 6.35. The van der Waals surface area contributed by atoms with Crippen molar-refractivity contribution >= 4 is 41.0 Å². The van der Waals surface area contributed by atoms with Crippen LogP contribution < -0.4 is 9.47 Å². The predicted octanol–water partition coefficient (Wildman–Crippen LogP) is 4.72. The largest absolute Gasteiger partial charge is 0.482 e. The molecule has 1 aliphatic heterocycles. The Morgan fingerprint density at radius 2 is 1.96 bits per heavy atom. The van der Waals surface area contributed by atoms with Gasteiger partial charge >= 0.3 is 5.97 Å². The van der Waals surface area contributed by atoms with E-state index in [2.05, 4.69) is 6.58 Å². The zero-order chi connectivity index (χ0) is 19.4. The molecule has 0 aliphatic carbocycles. The molecule has 1 aliphatic rings. The Kier molecular flexibility index (Phi) is 5.84. The molecule has 138 valence electrons. The highest BCUT2D eigenvalue weighted by Gasteiger charge is 2.27. The molecule has 1 heterocycles. The third-order valence-corrected chi connectivity index (χ3v) is 4.34. The van der Waals surface area contributed by atoms with Crippen molar-refractivity contribution in [3.63, 3.8) is 0 Å². The van der Waals surface area contributed by atoms with Crippen molar-refractivity contribution < 1.29 is 23.8 Å². The van der Waals surface area contributed by atoms with E-state index in [1.165, 1.54) is 6.08 Å². The summed E-state index contributed by atoms with van der Waals surface area (Å²) >= 11 is 11.9. The number of carbonyl (C=O) groups excluding carboxylic acids is 2. The highest BCUT2D eigenvalue weighted by Crippen LogP contribution is 2.35. The van der Waals surface area contributed by atoms with E-state index in [-0.39, 0.29) is 24.8 Å². The highest BCUT2D eigenvalue weighted by molar-refractivity contribution is 6.42. The molecule has 0 atom stereocenters. The lowest BCUT2D eigenvalue weighted by molar-refractivity contribution is -0.144. The van der Waals surface area contributed by atoms with Crippen LogP contribution in [0, 0.1) is 0 Å². The van der Waals surface area contributed by atoms with Gasteiger partial charge < -0.3 is 14.2 Å². The van der Waals surface area contributed by atoms with Gasteiger partial charge in [-0.1, -0.05) is 41.9 Å². The quantitative estimate of drug-likeness (QED) is 0.396. The maximum absolute atomic E-state index is 12.5. The summed E-state index contributed by atoms with van der Waals surface area (Å²) in [7, 11) is 0. The number of halogens is 2. The molecule has 0 saturated carbocycles. The fourth-order valence-electron chi connectivity index (χ4n) is 2.35. The fourth-order valence-corrected chi connectivity index (χ4v) is 2.65. The van der Waals surface area contributed by atoms with Crippen LogP contribution in [0.4, 0.5) is 0 Å². The van der Waals surface area contributed by atoms with Crippen LogP contribution in [0.2, 0.25) is 10.0 Å². The van der Waals surface area contributed by atoms with Crippen molar-refractivity contribution in [2.45, 2.75) is 0 Å². The number of carbonyl (C=O) groups is 2. The number of Topliss-reactive ketones (excluding diaryl/α,β-unsaturated/α-hetero) is 1. The molecule has 5 nitrogen and oxygen atoms in total. The topological polar surface area (TPSA) is 61.8 Å². The lowest BCUT2D eigenvalue weighted by atomic mass is 10.1. The molecule has 0 saturated heterocycles. The van der Waals surface area contributed by atoms with Crippen LogP contribution in [0.3, 0.4) is 0 Å². The first-order valence-corrected chi connectivity index (χ1v) is 8.66. The molecule has 0 bridgehead atoms. The number of fused-ring (bicyclic) bond motifs is 1. The molecule has 0 spiro atoms. The van der Waals surface area contributed by atoms with Gasteiger partial charge in [0.2, 0.25) is 5.78 Å². The van der Waals surface area contributed by atoms with Gasteiger partial charge in [-0.2, -0.15) is 0 Å². The van der Waals surface area contributed by atoms with Crippen molar-refractivity contribution in [1.82, 2.24) is 0 Å². The van der Waals surface area contributed by atoms with Crippen molar-refractivity contribution in [3.05, 3.63) is 76.0 Å². The van der Waals surface area contributed by atoms with E-state index in [0.717, 1.165) is 0 Å². The summed E-state index contributed by atoms with van der Waals surface area (Å²) in [5.74, 6) is 0.114. The number of esters is 1. The van der Waals surface area contributed by atoms with Gasteiger partial charge in [-0.15, -0.1) is 0 Å². The van der Waals surface area contributed by atoms with E-state index in [0.29, 0.717) is 32.7 Å². The minimum Gasteiger partial charge on any atom is -0.482 e. The summed E-state index contributed by atoms with van der Waals surface area (Å²) in [5.41, 5.74) is 1.09. The van der Waals surface area contributed by atoms with Gasteiger partial charge in [-0.05, 0) is 35.9 Å². The molecule has 0 amide bonds. The van der Waals surface area contributed by atoms with E-state index in [4.69, 9.17) is 37.4 Å². The lowest BCUT2D eigenvalue weighted by Gasteiger charge is -2.06. The normalized spacial score (nSPS) is 13.9. The van der Waals surface area contributed by atoms with Crippen molar-refractivity contribution in [2.24, 2.45) is 0 Å². The molecule has 0 N–H and O–H groups in total. The van der Waals surface area contributed by atoms with Gasteiger partial charge in [0.05, 0.1) is 15.6 Å². The van der Waals surface area contributed by atoms with E-state index < -0.39 is 5.97 Å². The first-order valence-electron chi connectivity index (χ1n) is 7.90. The van der Waals surface area contributed by atoms with Crippen LogP contribution in [-0.2, 0) is 9.53 Å². The van der Waals surface area contributed by atoms with Gasteiger partial charge in [-0.3, -0.25) is 4.79 Å². The zero-order valence-electron chi connectivity index (χ0n) is 14.0. The van der Waals surface area contributed by atoms with E-state index in [1.54, 1.807) is 42.5 Å². The SMILES string of the molecule is C=CCOC(=O)COc1ccc2c(c1)OC(=Cc1ccc(Cl)c(Cl)c1)C2=O. The maximum atomic E-state index is 12.5. The molecule has 2 aromatic carbocycles. The van der Waals surface area contributed by atoms with Gasteiger partial charge in [0.25, 0.3) is 0 Å². The van der Waals surface area contributed by atoms with Crippen LogP contribution in [0.25, 0.3) is 6.08 Å². The molecule has 0 aromatic heterocycles. The Bertz CT molecular complexity index is 949. The van der Waals surface area contributed by atoms with Crippen LogP contribution in [0.5, 0.6) is 11.5 Å². The molecule has 0 radical (unpaired) electrons. The predicted molar refractivity (Wildman–Crippen MR) is 102 cm³/mol. The van der Waals surface area contributed by atoms with Gasteiger partial charge in [0.1, 0.15) is 18.1 Å². The number of ketones is 1. The van der Waals surface area contributed by atoms with Crippen LogP contribution in [-0.4, -0.2) is 25.0 Å². The monoisotopic (exact) mass is 404 g/mol. The number of hydrogen-bond acceptors (Lipinski definition) is 5. The second-order valence-electron chi connectivity index (χ2n) is 5.53. The average Bonchev–Trinajstić information content (AvgIpc) is 2.96. The first kappa shape index (κ1) is 19.0. The number of ether oxygens (including phenoxy) is 3. The van der Waals surface area contributed by atoms with Crippen molar-refractivity contribution in [3.8, 4) is 11.5 Å². The van der Waals surface area contributed by atoms with E-state index in [1.807, 2.05) is 0 Å².